The number of hydrogen-bond acceptors (Lipinski definition) is 5. The molecular weight excluding hydrogens is 312 g/mol. The fourth-order valence-corrected chi connectivity index (χ4v) is 3.02. The highest BCUT2D eigenvalue weighted by Gasteiger charge is 2.18. The van der Waals surface area contributed by atoms with Crippen LogP contribution in [0.2, 0.25) is 0 Å². The molecule has 0 saturated carbocycles. The van der Waals surface area contributed by atoms with Gasteiger partial charge < -0.3 is 5.73 Å². The van der Waals surface area contributed by atoms with Crippen molar-refractivity contribution in [3.63, 3.8) is 0 Å². The highest BCUT2D eigenvalue weighted by molar-refractivity contribution is 7.09. The molecule has 7 heteroatoms. The van der Waals surface area contributed by atoms with Crippen molar-refractivity contribution in [3.05, 3.63) is 67.1 Å². The van der Waals surface area contributed by atoms with Gasteiger partial charge in [-0.15, -0.1) is 11.3 Å². The Hall–Kier alpha value is -2.67. The lowest BCUT2D eigenvalue weighted by Gasteiger charge is -2.14. The Balaban J connectivity index is 2.23. The van der Waals surface area contributed by atoms with E-state index in [-0.39, 0.29) is 11.4 Å². The van der Waals surface area contributed by atoms with Gasteiger partial charge in [0.25, 0.3) is 5.56 Å². The molecule has 2 aromatic heterocycles. The van der Waals surface area contributed by atoms with E-state index >= 15 is 0 Å². The van der Waals surface area contributed by atoms with Gasteiger partial charge in [-0.2, -0.15) is 0 Å². The minimum Gasteiger partial charge on any atom is -0.384 e. The first-order valence-electron chi connectivity index (χ1n) is 7.04. The smallest absolute Gasteiger partial charge is 0.332 e. The summed E-state index contributed by atoms with van der Waals surface area (Å²) in [6.07, 6.45) is 0. The van der Waals surface area contributed by atoms with Gasteiger partial charge in [0, 0.05) is 12.4 Å². The van der Waals surface area contributed by atoms with Crippen LogP contribution in [-0.4, -0.2) is 14.1 Å². The van der Waals surface area contributed by atoms with Gasteiger partial charge in [-0.25, -0.2) is 9.78 Å². The second-order valence-electron chi connectivity index (χ2n) is 5.23. The number of nitrogens with zero attached hydrogens (tertiary/aromatic N) is 3. The summed E-state index contributed by atoms with van der Waals surface area (Å²) in [5.41, 5.74) is 7.00. The van der Waals surface area contributed by atoms with Gasteiger partial charge in [0.05, 0.1) is 17.2 Å². The summed E-state index contributed by atoms with van der Waals surface area (Å²) < 4.78 is 2.48. The Morgan fingerprint density at radius 3 is 2.52 bits per heavy atom. The Morgan fingerprint density at radius 2 is 1.91 bits per heavy atom. The van der Waals surface area contributed by atoms with E-state index in [0.717, 1.165) is 15.1 Å². The summed E-state index contributed by atoms with van der Waals surface area (Å²) in [5, 5.41) is 2.61. The van der Waals surface area contributed by atoms with Crippen LogP contribution in [0.1, 0.15) is 10.6 Å². The van der Waals surface area contributed by atoms with Crippen LogP contribution in [-0.2, 0) is 13.6 Å². The Bertz CT molecular complexity index is 970. The number of rotatable bonds is 3. The van der Waals surface area contributed by atoms with Crippen LogP contribution in [0.25, 0.3) is 11.3 Å². The quantitative estimate of drug-likeness (QED) is 0.792. The van der Waals surface area contributed by atoms with Crippen molar-refractivity contribution in [3.8, 4) is 11.3 Å². The lowest BCUT2D eigenvalue weighted by molar-refractivity contribution is 0.657. The molecule has 23 heavy (non-hydrogen) atoms. The molecule has 0 aliphatic heterocycles. The number of aromatic nitrogens is 3. The third kappa shape index (κ3) is 2.70. The van der Waals surface area contributed by atoms with Crippen LogP contribution in [0.3, 0.4) is 0 Å². The zero-order valence-electron chi connectivity index (χ0n) is 12.8. The number of nitrogen functional groups attached to an aromatic ring is 1. The molecule has 0 fully saturated rings. The average molecular weight is 328 g/mol. The molecule has 0 bridgehead atoms. The molecule has 3 aromatic rings. The zero-order chi connectivity index (χ0) is 16.6. The number of thiazole rings is 1. The van der Waals surface area contributed by atoms with Gasteiger partial charge in [0.2, 0.25) is 0 Å². The van der Waals surface area contributed by atoms with Crippen LogP contribution >= 0.6 is 11.3 Å². The molecule has 3 rings (SSSR count). The first kappa shape index (κ1) is 15.2. The Kier molecular flexibility index (Phi) is 3.87. The zero-order valence-corrected chi connectivity index (χ0v) is 13.6. The van der Waals surface area contributed by atoms with Crippen molar-refractivity contribution >= 4 is 17.2 Å². The maximum atomic E-state index is 12.5. The molecular formula is C16H16N4O2S. The molecule has 1 aromatic carbocycles. The number of anilines is 1. The molecule has 0 saturated heterocycles. The molecule has 0 amide bonds. The van der Waals surface area contributed by atoms with E-state index in [4.69, 9.17) is 5.73 Å². The summed E-state index contributed by atoms with van der Waals surface area (Å²) in [6, 6.07) is 9.50. The minimum atomic E-state index is -0.438. The average Bonchev–Trinajstić information content (AvgIpc) is 2.97. The van der Waals surface area contributed by atoms with Crippen LogP contribution in [0, 0.1) is 6.92 Å². The van der Waals surface area contributed by atoms with E-state index in [9.17, 15) is 9.59 Å². The maximum absolute atomic E-state index is 12.5. The summed E-state index contributed by atoms with van der Waals surface area (Å²) >= 11 is 1.43. The fraction of sp³-hybridized carbons (Fsp3) is 0.188. The van der Waals surface area contributed by atoms with E-state index in [2.05, 4.69) is 4.98 Å². The van der Waals surface area contributed by atoms with Crippen molar-refractivity contribution in [2.45, 2.75) is 13.5 Å². The molecule has 0 aliphatic rings. The third-order valence-electron chi connectivity index (χ3n) is 3.64. The normalized spacial score (nSPS) is 10.9. The van der Waals surface area contributed by atoms with E-state index in [1.54, 1.807) is 5.38 Å². The molecule has 0 atom stereocenters. The Morgan fingerprint density at radius 1 is 1.22 bits per heavy atom. The van der Waals surface area contributed by atoms with Crippen LogP contribution in [0.4, 0.5) is 5.82 Å². The van der Waals surface area contributed by atoms with Gasteiger partial charge >= 0.3 is 5.69 Å². The van der Waals surface area contributed by atoms with Crippen molar-refractivity contribution in [1.29, 1.82) is 0 Å². The predicted molar refractivity (Wildman–Crippen MR) is 91.7 cm³/mol. The SMILES string of the molecule is Cc1nc(-c2c(N)n(Cc3ccccc3)c(=O)n(C)c2=O)cs1. The molecule has 118 valence electrons. The monoisotopic (exact) mass is 328 g/mol. The van der Waals surface area contributed by atoms with Gasteiger partial charge in [-0.3, -0.25) is 13.9 Å². The number of aryl methyl sites for hydroxylation is 1. The van der Waals surface area contributed by atoms with Crippen molar-refractivity contribution in [2.24, 2.45) is 7.05 Å². The predicted octanol–water partition coefficient (Wildman–Crippen LogP) is 1.61. The van der Waals surface area contributed by atoms with Gasteiger partial charge in [0.1, 0.15) is 11.4 Å². The molecule has 2 N–H and O–H groups in total. The summed E-state index contributed by atoms with van der Waals surface area (Å²) in [7, 11) is 1.45. The van der Waals surface area contributed by atoms with Gasteiger partial charge in [0.15, 0.2) is 0 Å². The molecule has 0 unspecified atom stereocenters. The molecule has 0 spiro atoms. The number of hydrogen-bond donors (Lipinski definition) is 1. The lowest BCUT2D eigenvalue weighted by Crippen LogP contribution is -2.40. The van der Waals surface area contributed by atoms with Crippen LogP contribution < -0.4 is 17.0 Å². The van der Waals surface area contributed by atoms with E-state index < -0.39 is 11.2 Å². The highest BCUT2D eigenvalue weighted by Crippen LogP contribution is 2.23. The van der Waals surface area contributed by atoms with Gasteiger partial charge in [-0.1, -0.05) is 30.3 Å². The fourth-order valence-electron chi connectivity index (χ4n) is 2.42. The lowest BCUT2D eigenvalue weighted by atomic mass is 10.2. The highest BCUT2D eigenvalue weighted by atomic mass is 32.1. The van der Waals surface area contributed by atoms with E-state index in [0.29, 0.717) is 12.2 Å². The Labute approximate surface area is 136 Å². The summed E-state index contributed by atoms with van der Waals surface area (Å²) in [6.45, 7) is 2.16. The topological polar surface area (TPSA) is 82.9 Å². The van der Waals surface area contributed by atoms with Gasteiger partial charge in [-0.05, 0) is 12.5 Å². The molecule has 0 radical (unpaired) electrons. The van der Waals surface area contributed by atoms with Crippen molar-refractivity contribution in [2.75, 3.05) is 5.73 Å². The number of benzene rings is 1. The molecule has 0 aliphatic carbocycles. The van der Waals surface area contributed by atoms with E-state index in [1.807, 2.05) is 37.3 Å². The summed E-state index contributed by atoms with van der Waals surface area (Å²) in [5.74, 6) is 0.146. The van der Waals surface area contributed by atoms with Crippen LogP contribution in [0.15, 0.2) is 45.3 Å². The minimum absolute atomic E-state index is 0.146. The van der Waals surface area contributed by atoms with E-state index in [1.165, 1.54) is 23.0 Å². The number of nitrogens with two attached hydrogens (primary N) is 1. The second kappa shape index (κ2) is 5.85. The maximum Gasteiger partial charge on any atom is 0.332 e. The first-order valence-corrected chi connectivity index (χ1v) is 7.92. The second-order valence-corrected chi connectivity index (χ2v) is 6.29. The first-order chi connectivity index (χ1) is 11.0. The van der Waals surface area contributed by atoms with Crippen molar-refractivity contribution in [1.82, 2.24) is 14.1 Å². The van der Waals surface area contributed by atoms with Crippen LogP contribution in [0.5, 0.6) is 0 Å². The van der Waals surface area contributed by atoms with Crippen molar-refractivity contribution < 1.29 is 0 Å². The summed E-state index contributed by atoms with van der Waals surface area (Å²) in [4.78, 5) is 29.2. The largest absolute Gasteiger partial charge is 0.384 e. The molecule has 2 heterocycles. The standard InChI is InChI=1S/C16H16N4O2S/c1-10-18-12(9-23-10)13-14(17)20(16(22)19(2)15(13)21)8-11-6-4-3-5-7-11/h3-7,9H,8,17H2,1-2H3. The molecule has 6 nitrogen and oxygen atoms in total. The third-order valence-corrected chi connectivity index (χ3v) is 4.42.